The molecule has 9 heteroatoms. The van der Waals surface area contributed by atoms with Crippen LogP contribution in [0.4, 0.5) is 0 Å². The van der Waals surface area contributed by atoms with Crippen LogP contribution in [0.2, 0.25) is 0 Å². The molecule has 3 rings (SSSR count). The number of nitrogens with one attached hydrogen (secondary N) is 2. The van der Waals surface area contributed by atoms with Crippen LogP contribution in [0.3, 0.4) is 0 Å². The first-order valence-corrected chi connectivity index (χ1v) is 9.58. The van der Waals surface area contributed by atoms with Gasteiger partial charge in [-0.3, -0.25) is 4.79 Å². The Morgan fingerprint density at radius 3 is 2.40 bits per heavy atom. The van der Waals surface area contributed by atoms with Gasteiger partial charge in [0.25, 0.3) is 5.91 Å². The van der Waals surface area contributed by atoms with Crippen LogP contribution in [-0.4, -0.2) is 65.7 Å². The molecule has 1 amide bonds. The summed E-state index contributed by atoms with van der Waals surface area (Å²) in [7, 11) is -2.06. The lowest BCUT2D eigenvalue weighted by Gasteiger charge is -2.17. The number of sulfonamides is 1. The third kappa shape index (κ3) is 4.51. The molecule has 2 aliphatic rings. The first kappa shape index (κ1) is 20.1. The lowest BCUT2D eigenvalue weighted by molar-refractivity contribution is 0.0781. The third-order valence-corrected chi connectivity index (χ3v) is 6.16. The van der Waals surface area contributed by atoms with Gasteiger partial charge in [-0.15, -0.1) is 12.4 Å². The summed E-state index contributed by atoms with van der Waals surface area (Å²) in [6.45, 7) is 4.01. The van der Waals surface area contributed by atoms with Gasteiger partial charge in [0, 0.05) is 45.4 Å². The molecule has 2 aliphatic heterocycles. The van der Waals surface area contributed by atoms with Gasteiger partial charge in [0.05, 0.1) is 11.5 Å². The van der Waals surface area contributed by atoms with Gasteiger partial charge >= 0.3 is 0 Å². The molecule has 0 spiro atoms. The van der Waals surface area contributed by atoms with Gasteiger partial charge < -0.3 is 15.0 Å². The summed E-state index contributed by atoms with van der Waals surface area (Å²) in [5, 5.41) is 3.35. The van der Waals surface area contributed by atoms with Gasteiger partial charge in [-0.05, 0) is 36.1 Å². The van der Waals surface area contributed by atoms with E-state index in [9.17, 15) is 13.2 Å². The van der Waals surface area contributed by atoms with E-state index in [0.29, 0.717) is 24.0 Å². The van der Waals surface area contributed by atoms with Gasteiger partial charge in [0.2, 0.25) is 10.0 Å². The Balaban J connectivity index is 0.00000225. The maximum atomic E-state index is 12.6. The van der Waals surface area contributed by atoms with Crippen molar-refractivity contribution in [1.29, 1.82) is 0 Å². The molecular weight excluding hydrogens is 366 g/mol. The van der Waals surface area contributed by atoms with E-state index >= 15 is 0 Å². The van der Waals surface area contributed by atoms with E-state index in [4.69, 9.17) is 4.74 Å². The van der Waals surface area contributed by atoms with Crippen molar-refractivity contribution in [1.82, 2.24) is 14.9 Å². The van der Waals surface area contributed by atoms with E-state index < -0.39 is 10.0 Å². The smallest absolute Gasteiger partial charge is 0.253 e. The lowest BCUT2D eigenvalue weighted by Crippen LogP contribution is -2.32. The van der Waals surface area contributed by atoms with E-state index in [1.165, 1.54) is 19.2 Å². The summed E-state index contributed by atoms with van der Waals surface area (Å²) < 4.78 is 31.5. The molecule has 2 fully saturated rings. The average Bonchev–Trinajstić information content (AvgIpc) is 3.16. The Morgan fingerprint density at radius 2 is 1.84 bits per heavy atom. The fourth-order valence-corrected chi connectivity index (χ4v) is 4.35. The van der Waals surface area contributed by atoms with Crippen molar-refractivity contribution < 1.29 is 17.9 Å². The van der Waals surface area contributed by atoms with Gasteiger partial charge in [-0.2, -0.15) is 0 Å². The average molecular weight is 390 g/mol. The van der Waals surface area contributed by atoms with Gasteiger partial charge in [-0.25, -0.2) is 13.1 Å². The number of nitrogens with zero attached hydrogens (tertiary/aromatic N) is 1. The number of carbonyl (C=O) groups is 1. The number of fused-ring (bicyclic) bond motifs is 1. The second-order valence-corrected chi connectivity index (χ2v) is 8.07. The zero-order valence-corrected chi connectivity index (χ0v) is 15.7. The van der Waals surface area contributed by atoms with Gasteiger partial charge in [0.15, 0.2) is 0 Å². The molecule has 0 bridgehead atoms. The van der Waals surface area contributed by atoms with Gasteiger partial charge in [0.1, 0.15) is 0 Å². The molecule has 7 nitrogen and oxygen atoms in total. The summed E-state index contributed by atoms with van der Waals surface area (Å²) in [6, 6.07) is 6.11. The van der Waals surface area contributed by atoms with Crippen LogP contribution in [0.15, 0.2) is 29.2 Å². The molecule has 25 heavy (non-hydrogen) atoms. The molecule has 2 atom stereocenters. The van der Waals surface area contributed by atoms with Crippen molar-refractivity contribution in [2.45, 2.75) is 4.90 Å². The lowest BCUT2D eigenvalue weighted by atomic mass is 10.0. The number of methoxy groups -OCH3 is 1. The second kappa shape index (κ2) is 8.46. The van der Waals surface area contributed by atoms with E-state index in [0.717, 1.165) is 26.2 Å². The van der Waals surface area contributed by atoms with Crippen LogP contribution in [0.5, 0.6) is 0 Å². The molecular formula is C16H24ClN3O4S. The molecule has 2 saturated heterocycles. The van der Waals surface area contributed by atoms with E-state index in [-0.39, 0.29) is 29.8 Å². The summed E-state index contributed by atoms with van der Waals surface area (Å²) in [6.07, 6.45) is 0. The van der Waals surface area contributed by atoms with Gasteiger partial charge in [-0.1, -0.05) is 0 Å². The number of halogens is 1. The van der Waals surface area contributed by atoms with Crippen LogP contribution in [0.25, 0.3) is 0 Å². The Bertz CT molecular complexity index is 684. The minimum atomic E-state index is -3.57. The fraction of sp³-hybridized carbons (Fsp3) is 0.562. The number of hydrogen-bond donors (Lipinski definition) is 2. The number of likely N-dealkylation sites (tertiary alicyclic amines) is 1. The number of rotatable bonds is 6. The van der Waals surface area contributed by atoms with Crippen molar-refractivity contribution >= 4 is 28.3 Å². The maximum Gasteiger partial charge on any atom is 0.253 e. The SMILES string of the molecule is COCCNS(=O)(=O)c1ccc(C(=O)N2C[C@H]3CNC[C@H]3C2)cc1.Cl. The summed E-state index contributed by atoms with van der Waals surface area (Å²) in [4.78, 5) is 14.6. The highest BCUT2D eigenvalue weighted by Gasteiger charge is 2.38. The monoisotopic (exact) mass is 389 g/mol. The Morgan fingerprint density at radius 1 is 1.24 bits per heavy atom. The topological polar surface area (TPSA) is 87.7 Å². The van der Waals surface area contributed by atoms with Crippen molar-refractivity contribution in [3.63, 3.8) is 0 Å². The highest BCUT2D eigenvalue weighted by atomic mass is 35.5. The molecule has 1 aromatic carbocycles. The van der Waals surface area contributed by atoms with Crippen LogP contribution in [-0.2, 0) is 14.8 Å². The number of amides is 1. The van der Waals surface area contributed by atoms with Crippen molar-refractivity contribution in [3.05, 3.63) is 29.8 Å². The Labute approximate surface area is 154 Å². The van der Waals surface area contributed by atoms with Crippen LogP contribution in [0.1, 0.15) is 10.4 Å². The zero-order chi connectivity index (χ0) is 17.2. The molecule has 2 N–H and O–H groups in total. The van der Waals surface area contributed by atoms with E-state index in [1.807, 2.05) is 4.90 Å². The maximum absolute atomic E-state index is 12.6. The summed E-state index contributed by atoms with van der Waals surface area (Å²) >= 11 is 0. The predicted octanol–water partition coefficient (Wildman–Crippen LogP) is 0.325. The number of hydrogen-bond acceptors (Lipinski definition) is 5. The van der Waals surface area contributed by atoms with Crippen LogP contribution >= 0.6 is 12.4 Å². The largest absolute Gasteiger partial charge is 0.383 e. The zero-order valence-electron chi connectivity index (χ0n) is 14.1. The number of benzene rings is 1. The minimum absolute atomic E-state index is 0. The molecule has 1 aromatic rings. The molecule has 140 valence electrons. The molecule has 0 aliphatic carbocycles. The standard InChI is InChI=1S/C16H23N3O4S.ClH/c1-23-7-6-18-24(21,22)15-4-2-12(3-5-15)16(20)19-10-13-8-17-9-14(13)11-19;/h2-5,13-14,17-18H,6-11H2,1H3;1H/t13-,14+;. The number of ether oxygens (including phenoxy) is 1. The normalized spacial score (nSPS) is 22.5. The molecule has 0 radical (unpaired) electrons. The molecule has 0 saturated carbocycles. The Kier molecular flexibility index (Phi) is 6.81. The van der Waals surface area contributed by atoms with Crippen molar-refractivity contribution in [2.75, 3.05) is 46.4 Å². The minimum Gasteiger partial charge on any atom is -0.383 e. The summed E-state index contributed by atoms with van der Waals surface area (Å²) in [5.41, 5.74) is 0.527. The van der Waals surface area contributed by atoms with Crippen molar-refractivity contribution in [2.24, 2.45) is 11.8 Å². The third-order valence-electron chi connectivity index (χ3n) is 4.69. The highest BCUT2D eigenvalue weighted by molar-refractivity contribution is 7.89. The Hall–Kier alpha value is -1.19. The first-order chi connectivity index (χ1) is 11.5. The quantitative estimate of drug-likeness (QED) is 0.684. The fourth-order valence-electron chi connectivity index (χ4n) is 3.34. The summed E-state index contributed by atoms with van der Waals surface area (Å²) in [5.74, 6) is 1.05. The van der Waals surface area contributed by atoms with E-state index in [1.54, 1.807) is 12.1 Å². The van der Waals surface area contributed by atoms with E-state index in [2.05, 4.69) is 10.0 Å². The molecule has 0 unspecified atom stereocenters. The highest BCUT2D eigenvalue weighted by Crippen LogP contribution is 2.27. The van der Waals surface area contributed by atoms with Crippen molar-refractivity contribution in [3.8, 4) is 0 Å². The van der Waals surface area contributed by atoms with Crippen LogP contribution < -0.4 is 10.0 Å². The molecule has 2 heterocycles. The first-order valence-electron chi connectivity index (χ1n) is 8.10. The predicted molar refractivity (Wildman–Crippen MR) is 96.5 cm³/mol. The second-order valence-electron chi connectivity index (χ2n) is 6.30. The number of carbonyl (C=O) groups excluding carboxylic acids is 1. The van der Waals surface area contributed by atoms with Crippen LogP contribution in [0, 0.1) is 11.8 Å². The molecule has 0 aromatic heterocycles.